The number of carbonyl (C=O) groups is 11. The fourth-order valence-electron chi connectivity index (χ4n) is 7.44. The number of hydrogen-bond donors (Lipinski definition) is 12. The van der Waals surface area contributed by atoms with Gasteiger partial charge in [-0.25, -0.2) is 0 Å². The van der Waals surface area contributed by atoms with Crippen LogP contribution in [0.3, 0.4) is 0 Å². The minimum absolute atomic E-state index is 0.00782. The van der Waals surface area contributed by atoms with Gasteiger partial charge >= 0.3 is 0 Å². The molecule has 0 radical (unpaired) electrons. The summed E-state index contributed by atoms with van der Waals surface area (Å²) in [6.07, 6.45) is 3.49. The van der Waals surface area contributed by atoms with Crippen LogP contribution >= 0.6 is 0 Å². The normalized spacial score (nSPS) is 20.5. The first-order chi connectivity index (χ1) is 33.5. The molecular weight excluding hydrogens is 925 g/mol. The average Bonchev–Trinajstić information content (AvgIpc) is 3.31. The number of aromatic hydroxyl groups is 1. The van der Waals surface area contributed by atoms with E-state index in [0.29, 0.717) is 18.4 Å². The van der Waals surface area contributed by atoms with Crippen molar-refractivity contribution in [3.63, 3.8) is 0 Å². The fourth-order valence-corrected chi connectivity index (χ4v) is 7.44. The van der Waals surface area contributed by atoms with Crippen LogP contribution in [0.5, 0.6) is 5.75 Å². The highest BCUT2D eigenvalue weighted by Crippen LogP contribution is 2.17. The van der Waals surface area contributed by atoms with Gasteiger partial charge in [0, 0.05) is 25.6 Å². The van der Waals surface area contributed by atoms with Crippen molar-refractivity contribution in [3.05, 3.63) is 42.1 Å². The molecule has 15 N–H and O–H groups in total. The van der Waals surface area contributed by atoms with Crippen LogP contribution in [0.15, 0.2) is 36.5 Å². The number of amides is 11. The van der Waals surface area contributed by atoms with Crippen LogP contribution in [0.2, 0.25) is 0 Å². The molecule has 0 bridgehead atoms. The molecule has 0 unspecified atom stereocenters. The van der Waals surface area contributed by atoms with Crippen LogP contribution in [0.1, 0.15) is 110 Å². The summed E-state index contributed by atoms with van der Waals surface area (Å²) in [4.78, 5) is 146. The topological polar surface area (TPSA) is 386 Å². The number of phenols is 1. The van der Waals surface area contributed by atoms with Crippen LogP contribution in [0.25, 0.3) is 0 Å². The SMILES string of the molecule is C=C1N[C@@H]([C@@H](C)CC)C(=O)N[C@@H](CCC(N)=O)C(=O)N[C@@H](CC(N)=O)C(=O)N[C@H](C(=O)N(C)CC(=O)N[C@@H](CCCCCCCC)C(=O)NCC(N)=O)CCC(=O)NCC(=O)N[C@H]1Cc1ccc(O)cc1. The van der Waals surface area contributed by atoms with Crippen LogP contribution in [0, 0.1) is 5.92 Å². The molecule has 7 atom stereocenters. The van der Waals surface area contributed by atoms with Gasteiger partial charge in [0.2, 0.25) is 65.0 Å². The first-order valence-corrected chi connectivity index (χ1v) is 23.9. The summed E-state index contributed by atoms with van der Waals surface area (Å²) >= 11 is 0. The van der Waals surface area contributed by atoms with Crippen molar-refractivity contribution in [2.24, 2.45) is 23.1 Å². The minimum atomic E-state index is -1.79. The summed E-state index contributed by atoms with van der Waals surface area (Å²) in [7, 11) is 1.21. The van der Waals surface area contributed by atoms with Crippen molar-refractivity contribution in [1.82, 2.24) is 47.4 Å². The molecule has 0 saturated carbocycles. The molecular formula is C47H74N12O12. The lowest BCUT2D eigenvalue weighted by Gasteiger charge is -2.31. The molecule has 24 nitrogen and oxygen atoms in total. The van der Waals surface area contributed by atoms with Crippen molar-refractivity contribution >= 4 is 65.0 Å². The van der Waals surface area contributed by atoms with E-state index in [4.69, 9.17) is 17.2 Å². The molecule has 0 spiro atoms. The van der Waals surface area contributed by atoms with Crippen LogP contribution in [-0.2, 0) is 59.2 Å². The Morgan fingerprint density at radius 3 is 2.04 bits per heavy atom. The van der Waals surface area contributed by atoms with Gasteiger partial charge in [0.1, 0.15) is 36.0 Å². The number of benzene rings is 1. The zero-order chi connectivity index (χ0) is 53.2. The maximum absolute atomic E-state index is 14.1. The molecule has 71 heavy (non-hydrogen) atoms. The number of nitrogens with zero attached hydrogens (tertiary/aromatic N) is 1. The number of unbranched alkanes of at least 4 members (excludes halogenated alkanes) is 5. The molecule has 1 aromatic carbocycles. The van der Waals surface area contributed by atoms with Crippen molar-refractivity contribution in [2.45, 2.75) is 147 Å². The van der Waals surface area contributed by atoms with Gasteiger partial charge in [-0.1, -0.05) is 84.4 Å². The highest BCUT2D eigenvalue weighted by molar-refractivity contribution is 5.98. The van der Waals surface area contributed by atoms with Crippen LogP contribution < -0.4 is 59.7 Å². The lowest BCUT2D eigenvalue weighted by molar-refractivity contribution is -0.140. The number of nitrogens with two attached hydrogens (primary N) is 3. The molecule has 24 heteroatoms. The summed E-state index contributed by atoms with van der Waals surface area (Å²) in [6, 6.07) is -1.97. The fraction of sp³-hybridized carbons (Fsp3) is 0.596. The van der Waals surface area contributed by atoms with Gasteiger partial charge in [0.05, 0.1) is 32.1 Å². The molecule has 11 amide bonds. The van der Waals surface area contributed by atoms with E-state index in [1.165, 1.54) is 19.2 Å². The second-order valence-electron chi connectivity index (χ2n) is 17.8. The first kappa shape index (κ1) is 59.9. The summed E-state index contributed by atoms with van der Waals surface area (Å²) in [5.41, 5.74) is 16.9. The standard InChI is InChI=1S/C47H74N12O12/c1-6-8-9-10-11-12-13-31(43(67)52-24-38(50)63)54-41(66)26-59(5)47(71)33-19-21-39(64)51-25-40(65)55-34(22-29-14-16-30(60)17-15-29)28(4)53-42(27(3)7-2)46(70)56-32(18-20-36(48)61)44(68)58-35(23-37(49)62)45(69)57-33/h14-17,27,31-35,42,53,60H,4,6-13,18-26H2,1-3,5H3,(H2,48,61)(H2,49,62)(H2,50,63)(H,51,64)(H,52,67)(H,54,66)(H,55,65)(H,56,70)(H,57,69)(H,58,68)/t27-,31-,32-,33-,34-,35-,42-/m0/s1. The van der Waals surface area contributed by atoms with Crippen LogP contribution in [0.4, 0.5) is 0 Å². The molecule has 1 fully saturated rings. The van der Waals surface area contributed by atoms with E-state index in [1.807, 2.05) is 0 Å². The summed E-state index contributed by atoms with van der Waals surface area (Å²) in [6.45, 7) is 8.00. The first-order valence-electron chi connectivity index (χ1n) is 23.9. The number of hydrogen-bond acceptors (Lipinski definition) is 13. The van der Waals surface area contributed by atoms with E-state index in [0.717, 1.165) is 37.0 Å². The number of phenolic OH excluding ortho intramolecular Hbond substituents is 1. The highest BCUT2D eigenvalue weighted by Gasteiger charge is 2.35. The third-order valence-corrected chi connectivity index (χ3v) is 11.7. The lowest BCUT2D eigenvalue weighted by atomic mass is 9.95. The Kier molecular flexibility index (Phi) is 26.2. The molecule has 1 aliphatic heterocycles. The Bertz CT molecular complexity index is 2050. The molecule has 1 heterocycles. The number of nitrogens with one attached hydrogen (secondary N) is 8. The Hall–Kier alpha value is -7.27. The van der Waals surface area contributed by atoms with E-state index in [9.17, 15) is 57.8 Å². The predicted octanol–water partition coefficient (Wildman–Crippen LogP) is -2.26. The number of rotatable bonds is 23. The van der Waals surface area contributed by atoms with Gasteiger partial charge in [-0.05, 0) is 49.3 Å². The Balaban J connectivity index is 2.55. The quantitative estimate of drug-likeness (QED) is 0.0516. The summed E-state index contributed by atoms with van der Waals surface area (Å²) in [5, 5.41) is 30.5. The number of carbonyl (C=O) groups excluding carboxylic acids is 11. The van der Waals surface area contributed by atoms with E-state index >= 15 is 0 Å². The predicted molar refractivity (Wildman–Crippen MR) is 259 cm³/mol. The van der Waals surface area contributed by atoms with Crippen molar-refractivity contribution in [3.8, 4) is 5.75 Å². The largest absolute Gasteiger partial charge is 0.508 e. The Morgan fingerprint density at radius 2 is 1.42 bits per heavy atom. The Morgan fingerprint density at radius 1 is 0.789 bits per heavy atom. The zero-order valence-electron chi connectivity index (χ0n) is 41.2. The smallest absolute Gasteiger partial charge is 0.245 e. The van der Waals surface area contributed by atoms with Gasteiger partial charge in [-0.2, -0.15) is 0 Å². The maximum atomic E-state index is 14.1. The Labute approximate surface area is 413 Å². The number of primary amides is 3. The van der Waals surface area contributed by atoms with Gasteiger partial charge in [0.15, 0.2) is 0 Å². The summed E-state index contributed by atoms with van der Waals surface area (Å²) in [5.74, 6) is -9.92. The monoisotopic (exact) mass is 999 g/mol. The second-order valence-corrected chi connectivity index (χ2v) is 17.8. The molecule has 0 aliphatic carbocycles. The van der Waals surface area contributed by atoms with E-state index in [1.54, 1.807) is 26.0 Å². The van der Waals surface area contributed by atoms with Gasteiger partial charge < -0.3 is 69.7 Å². The molecule has 1 aliphatic rings. The molecule has 394 valence electrons. The minimum Gasteiger partial charge on any atom is -0.508 e. The lowest BCUT2D eigenvalue weighted by Crippen LogP contribution is -2.60. The molecule has 1 aromatic rings. The zero-order valence-corrected chi connectivity index (χ0v) is 41.2. The summed E-state index contributed by atoms with van der Waals surface area (Å²) < 4.78 is 0. The van der Waals surface area contributed by atoms with Crippen molar-refractivity contribution < 1.29 is 57.8 Å². The van der Waals surface area contributed by atoms with E-state index < -0.39 is 152 Å². The van der Waals surface area contributed by atoms with E-state index in [2.05, 4.69) is 56.0 Å². The van der Waals surface area contributed by atoms with Crippen molar-refractivity contribution in [1.29, 1.82) is 0 Å². The second kappa shape index (κ2) is 31.1. The molecule has 0 aromatic heterocycles. The number of likely N-dealkylation sites (N-methyl/N-ethyl adjacent to an activating group) is 1. The third kappa shape index (κ3) is 22.8. The van der Waals surface area contributed by atoms with Crippen LogP contribution in [-0.4, -0.2) is 138 Å². The molecule has 1 saturated heterocycles. The maximum Gasteiger partial charge on any atom is 0.245 e. The van der Waals surface area contributed by atoms with Gasteiger partial charge in [0.25, 0.3) is 0 Å². The van der Waals surface area contributed by atoms with Gasteiger partial charge in [-0.15, -0.1) is 0 Å². The average molecular weight is 999 g/mol. The highest BCUT2D eigenvalue weighted by atomic mass is 16.3. The van der Waals surface area contributed by atoms with Gasteiger partial charge in [-0.3, -0.25) is 52.7 Å². The molecule has 2 rings (SSSR count). The van der Waals surface area contributed by atoms with Crippen molar-refractivity contribution in [2.75, 3.05) is 26.7 Å². The third-order valence-electron chi connectivity index (χ3n) is 11.7. The van der Waals surface area contributed by atoms with E-state index in [-0.39, 0.29) is 30.7 Å².